The van der Waals surface area contributed by atoms with E-state index in [0.717, 1.165) is 18.7 Å². The summed E-state index contributed by atoms with van der Waals surface area (Å²) in [5.74, 6) is 0.646. The third-order valence-corrected chi connectivity index (χ3v) is 4.78. The average molecular weight is 296 g/mol. The van der Waals surface area contributed by atoms with Crippen LogP contribution in [-0.4, -0.2) is 27.3 Å². The van der Waals surface area contributed by atoms with Crippen molar-refractivity contribution in [1.29, 1.82) is 0 Å². The molecule has 2 rings (SSSR count). The summed E-state index contributed by atoms with van der Waals surface area (Å²) in [6.45, 7) is 5.40. The van der Waals surface area contributed by atoms with Crippen molar-refractivity contribution >= 4 is 21.2 Å². The van der Waals surface area contributed by atoms with Crippen molar-refractivity contribution in [2.24, 2.45) is 5.92 Å². The molecular formula is C15H24N2O2S. The van der Waals surface area contributed by atoms with Crippen LogP contribution in [0.4, 0.5) is 11.4 Å². The van der Waals surface area contributed by atoms with Crippen LogP contribution in [0.3, 0.4) is 0 Å². The molecule has 0 aliphatic heterocycles. The molecule has 1 saturated carbocycles. The zero-order chi connectivity index (χ0) is 14.9. The molecule has 0 aromatic heterocycles. The average Bonchev–Trinajstić information content (AvgIpc) is 3.13. The Morgan fingerprint density at radius 3 is 2.45 bits per heavy atom. The molecule has 0 saturated heterocycles. The minimum Gasteiger partial charge on any atom is -0.397 e. The van der Waals surface area contributed by atoms with E-state index in [2.05, 4.69) is 18.7 Å². The topological polar surface area (TPSA) is 63.4 Å². The Labute approximate surface area is 121 Å². The van der Waals surface area contributed by atoms with Crippen LogP contribution in [0.5, 0.6) is 0 Å². The van der Waals surface area contributed by atoms with Crippen molar-refractivity contribution in [1.82, 2.24) is 0 Å². The number of benzene rings is 1. The van der Waals surface area contributed by atoms with E-state index in [1.54, 1.807) is 12.1 Å². The van der Waals surface area contributed by atoms with Gasteiger partial charge in [-0.05, 0) is 43.4 Å². The highest BCUT2D eigenvalue weighted by molar-refractivity contribution is 7.90. The Balaban J connectivity index is 2.25. The number of nitrogen functional groups attached to an aromatic ring is 1. The van der Waals surface area contributed by atoms with Crippen LogP contribution in [0, 0.1) is 5.92 Å². The second-order valence-corrected chi connectivity index (χ2v) is 8.12. The molecule has 1 fully saturated rings. The van der Waals surface area contributed by atoms with Gasteiger partial charge in [0.25, 0.3) is 0 Å². The van der Waals surface area contributed by atoms with Gasteiger partial charge in [0.05, 0.1) is 16.3 Å². The molecule has 2 N–H and O–H groups in total. The number of rotatable bonds is 6. The van der Waals surface area contributed by atoms with Gasteiger partial charge in [-0.15, -0.1) is 0 Å². The van der Waals surface area contributed by atoms with Gasteiger partial charge in [-0.3, -0.25) is 0 Å². The first-order valence-corrected chi connectivity index (χ1v) is 9.04. The van der Waals surface area contributed by atoms with Crippen LogP contribution >= 0.6 is 0 Å². The van der Waals surface area contributed by atoms with Gasteiger partial charge in [-0.25, -0.2) is 8.42 Å². The standard InChI is InChI=1S/C15H24N2O2S/c1-11(2)8-9-17(12-4-5-12)15-7-6-13(10-14(15)16)20(3,18)19/h6-7,10-12H,4-5,8-9,16H2,1-3H3. The maximum absolute atomic E-state index is 11.6. The lowest BCUT2D eigenvalue weighted by Crippen LogP contribution is -2.28. The number of hydrogen-bond donors (Lipinski definition) is 1. The summed E-state index contributed by atoms with van der Waals surface area (Å²) in [6, 6.07) is 5.66. The smallest absolute Gasteiger partial charge is 0.175 e. The molecule has 1 aromatic rings. The Bertz CT molecular complexity index is 578. The molecule has 20 heavy (non-hydrogen) atoms. The first-order chi connectivity index (χ1) is 9.29. The summed E-state index contributed by atoms with van der Waals surface area (Å²) in [6.07, 6.45) is 4.72. The van der Waals surface area contributed by atoms with E-state index in [-0.39, 0.29) is 0 Å². The van der Waals surface area contributed by atoms with Gasteiger partial charge in [0, 0.05) is 18.8 Å². The number of sulfone groups is 1. The fraction of sp³-hybridized carbons (Fsp3) is 0.600. The molecule has 0 radical (unpaired) electrons. The van der Waals surface area contributed by atoms with E-state index < -0.39 is 9.84 Å². The number of hydrogen-bond acceptors (Lipinski definition) is 4. The van der Waals surface area contributed by atoms with Crippen molar-refractivity contribution in [3.05, 3.63) is 18.2 Å². The first kappa shape index (κ1) is 15.2. The van der Waals surface area contributed by atoms with Gasteiger partial charge in [0.2, 0.25) is 0 Å². The highest BCUT2D eigenvalue weighted by atomic mass is 32.2. The molecule has 1 aliphatic rings. The number of anilines is 2. The van der Waals surface area contributed by atoms with Crippen molar-refractivity contribution < 1.29 is 8.42 Å². The highest BCUT2D eigenvalue weighted by Gasteiger charge is 2.30. The largest absolute Gasteiger partial charge is 0.397 e. The van der Waals surface area contributed by atoms with Gasteiger partial charge >= 0.3 is 0 Å². The van der Waals surface area contributed by atoms with Crippen LogP contribution < -0.4 is 10.6 Å². The van der Waals surface area contributed by atoms with Crippen LogP contribution in [0.1, 0.15) is 33.1 Å². The highest BCUT2D eigenvalue weighted by Crippen LogP contribution is 2.36. The second kappa shape index (κ2) is 5.64. The van der Waals surface area contributed by atoms with Gasteiger partial charge in [0.15, 0.2) is 9.84 Å². The molecule has 0 amide bonds. The Morgan fingerprint density at radius 2 is 2.00 bits per heavy atom. The van der Waals surface area contributed by atoms with E-state index in [1.807, 2.05) is 6.07 Å². The quantitative estimate of drug-likeness (QED) is 0.820. The van der Waals surface area contributed by atoms with Gasteiger partial charge < -0.3 is 10.6 Å². The lowest BCUT2D eigenvalue weighted by molar-refractivity contribution is 0.571. The molecule has 0 bridgehead atoms. The van der Waals surface area contributed by atoms with Crippen molar-refractivity contribution in [3.8, 4) is 0 Å². The fourth-order valence-corrected chi connectivity index (χ4v) is 2.96. The van der Waals surface area contributed by atoms with E-state index in [1.165, 1.54) is 19.1 Å². The Morgan fingerprint density at radius 1 is 1.35 bits per heavy atom. The maximum atomic E-state index is 11.6. The molecule has 1 aliphatic carbocycles. The molecular weight excluding hydrogens is 272 g/mol. The molecule has 4 nitrogen and oxygen atoms in total. The van der Waals surface area contributed by atoms with E-state index in [9.17, 15) is 8.42 Å². The third kappa shape index (κ3) is 3.66. The van der Waals surface area contributed by atoms with Crippen LogP contribution in [-0.2, 0) is 9.84 Å². The summed E-state index contributed by atoms with van der Waals surface area (Å²) < 4.78 is 23.1. The molecule has 1 aromatic carbocycles. The normalized spacial score (nSPS) is 15.6. The molecule has 0 unspecified atom stereocenters. The molecule has 0 atom stereocenters. The van der Waals surface area contributed by atoms with Crippen LogP contribution in [0.2, 0.25) is 0 Å². The van der Waals surface area contributed by atoms with E-state index >= 15 is 0 Å². The zero-order valence-electron chi connectivity index (χ0n) is 12.5. The molecule has 0 heterocycles. The minimum absolute atomic E-state index is 0.290. The second-order valence-electron chi connectivity index (χ2n) is 6.10. The molecule has 112 valence electrons. The van der Waals surface area contributed by atoms with Gasteiger partial charge in [-0.2, -0.15) is 0 Å². The summed E-state index contributed by atoms with van der Waals surface area (Å²) in [5, 5.41) is 0. The predicted molar refractivity (Wildman–Crippen MR) is 83.8 cm³/mol. The number of nitrogens with two attached hydrogens (primary N) is 1. The summed E-state index contributed by atoms with van der Waals surface area (Å²) in [5.41, 5.74) is 7.62. The van der Waals surface area contributed by atoms with Crippen molar-refractivity contribution in [2.45, 2.75) is 44.0 Å². The monoisotopic (exact) mass is 296 g/mol. The SMILES string of the molecule is CC(C)CCN(c1ccc(S(C)(=O)=O)cc1N)C1CC1. The van der Waals surface area contributed by atoms with Crippen LogP contribution in [0.25, 0.3) is 0 Å². The number of nitrogens with zero attached hydrogens (tertiary/aromatic N) is 1. The molecule has 0 spiro atoms. The zero-order valence-corrected chi connectivity index (χ0v) is 13.3. The van der Waals surface area contributed by atoms with Crippen LogP contribution in [0.15, 0.2) is 23.1 Å². The van der Waals surface area contributed by atoms with Gasteiger partial charge in [-0.1, -0.05) is 13.8 Å². The third-order valence-electron chi connectivity index (χ3n) is 3.67. The van der Waals surface area contributed by atoms with E-state index in [0.29, 0.717) is 22.5 Å². The minimum atomic E-state index is -3.20. The Hall–Kier alpha value is -1.23. The first-order valence-electron chi connectivity index (χ1n) is 7.15. The Kier molecular flexibility index (Phi) is 4.28. The van der Waals surface area contributed by atoms with E-state index in [4.69, 9.17) is 5.73 Å². The summed E-state index contributed by atoms with van der Waals surface area (Å²) in [4.78, 5) is 2.62. The molecule has 5 heteroatoms. The lowest BCUT2D eigenvalue weighted by atomic mass is 10.1. The predicted octanol–water partition coefficient (Wildman–Crippen LogP) is 2.69. The van der Waals surface area contributed by atoms with Gasteiger partial charge in [0.1, 0.15) is 0 Å². The maximum Gasteiger partial charge on any atom is 0.175 e. The van der Waals surface area contributed by atoms with Crippen molar-refractivity contribution in [3.63, 3.8) is 0 Å². The fourth-order valence-electron chi connectivity index (χ4n) is 2.31. The van der Waals surface area contributed by atoms with Crippen molar-refractivity contribution in [2.75, 3.05) is 23.4 Å². The lowest BCUT2D eigenvalue weighted by Gasteiger charge is -2.27. The summed E-state index contributed by atoms with van der Waals surface area (Å²) >= 11 is 0. The summed E-state index contributed by atoms with van der Waals surface area (Å²) in [7, 11) is -3.20.